The highest BCUT2D eigenvalue weighted by Gasteiger charge is 2.09. The Labute approximate surface area is 119 Å². The van der Waals surface area contributed by atoms with Gasteiger partial charge < -0.3 is 5.32 Å². The molecule has 2 rings (SSSR count). The van der Waals surface area contributed by atoms with Gasteiger partial charge >= 0.3 is 0 Å². The first kappa shape index (κ1) is 14.5. The average Bonchev–Trinajstić information content (AvgIpc) is 2.82. The third-order valence-corrected chi connectivity index (χ3v) is 3.41. The molecule has 0 fully saturated rings. The first-order valence-corrected chi connectivity index (χ1v) is 7.31. The van der Waals surface area contributed by atoms with Gasteiger partial charge in [0.15, 0.2) is 5.82 Å². The van der Waals surface area contributed by atoms with E-state index in [2.05, 4.69) is 22.3 Å². The van der Waals surface area contributed by atoms with Gasteiger partial charge in [-0.2, -0.15) is 5.10 Å². The number of anilines is 1. The van der Waals surface area contributed by atoms with Crippen LogP contribution in [0.1, 0.15) is 51.1 Å². The zero-order valence-electron chi connectivity index (χ0n) is 12.2. The van der Waals surface area contributed by atoms with Crippen LogP contribution in [0.15, 0.2) is 18.5 Å². The first-order valence-electron chi connectivity index (χ1n) is 7.31. The molecule has 0 aliphatic heterocycles. The third-order valence-electron chi connectivity index (χ3n) is 3.41. The largest absolute Gasteiger partial charge is 0.309 e. The summed E-state index contributed by atoms with van der Waals surface area (Å²) in [6.07, 6.45) is 7.75. The predicted molar refractivity (Wildman–Crippen MR) is 79.7 cm³/mol. The quantitative estimate of drug-likeness (QED) is 0.788. The summed E-state index contributed by atoms with van der Waals surface area (Å²) >= 11 is 0. The van der Waals surface area contributed by atoms with Gasteiger partial charge in [-0.15, -0.1) is 0 Å². The van der Waals surface area contributed by atoms with E-state index in [1.165, 1.54) is 25.6 Å². The summed E-state index contributed by atoms with van der Waals surface area (Å²) < 4.78 is 1.78. The Morgan fingerprint density at radius 3 is 2.85 bits per heavy atom. The number of hydrogen-bond acceptors (Lipinski definition) is 3. The van der Waals surface area contributed by atoms with Crippen LogP contribution in [-0.2, 0) is 4.79 Å². The first-order chi connectivity index (χ1) is 9.72. The Balaban J connectivity index is 1.90. The molecule has 0 aromatic carbocycles. The normalized spacial score (nSPS) is 10.9. The molecular weight excluding hydrogens is 252 g/mol. The molecule has 0 atom stereocenters. The van der Waals surface area contributed by atoms with E-state index < -0.39 is 0 Å². The number of carbonyl (C=O) groups excluding carboxylic acids is 1. The van der Waals surface area contributed by atoms with Crippen LogP contribution in [0.25, 0.3) is 5.52 Å². The van der Waals surface area contributed by atoms with Crippen molar-refractivity contribution in [3.8, 4) is 0 Å². The van der Waals surface area contributed by atoms with E-state index in [0.29, 0.717) is 12.2 Å². The molecule has 0 spiro atoms. The van der Waals surface area contributed by atoms with Gasteiger partial charge in [-0.3, -0.25) is 4.79 Å². The second kappa shape index (κ2) is 7.03. The lowest BCUT2D eigenvalue weighted by atomic mass is 10.1. The smallest absolute Gasteiger partial charge is 0.225 e. The summed E-state index contributed by atoms with van der Waals surface area (Å²) in [5.74, 6) is 0.618. The SMILES string of the molecule is CCCCCCCC(=O)Nc1ncnn2c(C)ccc12. The van der Waals surface area contributed by atoms with E-state index in [0.717, 1.165) is 24.1 Å². The van der Waals surface area contributed by atoms with Crippen LogP contribution in [0.2, 0.25) is 0 Å². The highest BCUT2D eigenvalue weighted by Crippen LogP contribution is 2.16. The number of unbranched alkanes of at least 4 members (excludes halogenated alkanes) is 4. The molecule has 5 nitrogen and oxygen atoms in total. The number of amides is 1. The van der Waals surface area contributed by atoms with Gasteiger partial charge in [-0.05, 0) is 25.5 Å². The summed E-state index contributed by atoms with van der Waals surface area (Å²) in [4.78, 5) is 16.1. The van der Waals surface area contributed by atoms with E-state index in [-0.39, 0.29) is 5.91 Å². The minimum absolute atomic E-state index is 0.0287. The lowest BCUT2D eigenvalue weighted by Gasteiger charge is -2.06. The number of rotatable bonds is 7. The van der Waals surface area contributed by atoms with E-state index in [9.17, 15) is 4.79 Å². The Morgan fingerprint density at radius 1 is 1.25 bits per heavy atom. The fraction of sp³-hybridized carbons (Fsp3) is 0.533. The fourth-order valence-electron chi connectivity index (χ4n) is 2.24. The molecule has 0 unspecified atom stereocenters. The van der Waals surface area contributed by atoms with Crippen molar-refractivity contribution in [2.75, 3.05) is 5.32 Å². The molecule has 0 radical (unpaired) electrons. The molecule has 2 aromatic rings. The molecule has 2 heterocycles. The highest BCUT2D eigenvalue weighted by molar-refractivity contribution is 5.93. The zero-order chi connectivity index (χ0) is 14.4. The third kappa shape index (κ3) is 3.56. The van der Waals surface area contributed by atoms with Gasteiger partial charge in [0.05, 0.1) is 0 Å². The maximum Gasteiger partial charge on any atom is 0.225 e. The second-order valence-electron chi connectivity index (χ2n) is 5.09. The highest BCUT2D eigenvalue weighted by atomic mass is 16.1. The van der Waals surface area contributed by atoms with Crippen molar-refractivity contribution < 1.29 is 4.79 Å². The minimum atomic E-state index is 0.0287. The van der Waals surface area contributed by atoms with Crippen LogP contribution in [0, 0.1) is 6.92 Å². The van der Waals surface area contributed by atoms with Gasteiger partial charge in [-0.25, -0.2) is 9.50 Å². The van der Waals surface area contributed by atoms with E-state index in [1.807, 2.05) is 19.1 Å². The van der Waals surface area contributed by atoms with Crippen LogP contribution in [-0.4, -0.2) is 20.5 Å². The molecule has 0 saturated heterocycles. The van der Waals surface area contributed by atoms with Crippen molar-refractivity contribution in [1.82, 2.24) is 14.6 Å². The Morgan fingerprint density at radius 2 is 2.05 bits per heavy atom. The molecule has 108 valence electrons. The molecule has 0 aliphatic rings. The summed E-state index contributed by atoms with van der Waals surface area (Å²) in [7, 11) is 0. The van der Waals surface area contributed by atoms with Crippen LogP contribution in [0.5, 0.6) is 0 Å². The summed E-state index contributed by atoms with van der Waals surface area (Å²) in [5.41, 5.74) is 1.86. The summed E-state index contributed by atoms with van der Waals surface area (Å²) in [5, 5.41) is 7.04. The van der Waals surface area contributed by atoms with Crippen LogP contribution in [0.4, 0.5) is 5.82 Å². The van der Waals surface area contributed by atoms with Gasteiger partial charge in [0.25, 0.3) is 0 Å². The van der Waals surface area contributed by atoms with Crippen LogP contribution >= 0.6 is 0 Å². The van der Waals surface area contributed by atoms with E-state index in [4.69, 9.17) is 0 Å². The zero-order valence-corrected chi connectivity index (χ0v) is 12.2. The molecular formula is C15H22N4O. The summed E-state index contributed by atoms with van der Waals surface area (Å²) in [6.45, 7) is 4.16. The number of aryl methyl sites for hydroxylation is 1. The maximum atomic E-state index is 11.9. The monoisotopic (exact) mass is 274 g/mol. The van der Waals surface area contributed by atoms with Crippen molar-refractivity contribution >= 4 is 17.2 Å². The van der Waals surface area contributed by atoms with Crippen molar-refractivity contribution in [2.24, 2.45) is 0 Å². The van der Waals surface area contributed by atoms with E-state index >= 15 is 0 Å². The molecule has 1 amide bonds. The Bertz CT molecular complexity index is 576. The molecule has 0 bridgehead atoms. The minimum Gasteiger partial charge on any atom is -0.309 e. The van der Waals surface area contributed by atoms with Crippen molar-refractivity contribution in [3.05, 3.63) is 24.2 Å². The maximum absolute atomic E-state index is 11.9. The van der Waals surface area contributed by atoms with Gasteiger partial charge in [0, 0.05) is 12.1 Å². The number of aromatic nitrogens is 3. The summed E-state index contributed by atoms with van der Waals surface area (Å²) in [6, 6.07) is 3.89. The van der Waals surface area contributed by atoms with E-state index in [1.54, 1.807) is 4.52 Å². The van der Waals surface area contributed by atoms with Crippen LogP contribution in [0.3, 0.4) is 0 Å². The fourth-order valence-corrected chi connectivity index (χ4v) is 2.24. The molecule has 2 aromatic heterocycles. The van der Waals surface area contributed by atoms with Crippen LogP contribution < -0.4 is 5.32 Å². The number of nitrogens with one attached hydrogen (secondary N) is 1. The number of carbonyl (C=O) groups is 1. The Hall–Kier alpha value is -1.91. The van der Waals surface area contributed by atoms with Crippen molar-refractivity contribution in [1.29, 1.82) is 0 Å². The lowest BCUT2D eigenvalue weighted by Crippen LogP contribution is -2.13. The molecule has 1 N–H and O–H groups in total. The lowest BCUT2D eigenvalue weighted by molar-refractivity contribution is -0.116. The standard InChI is InChI=1S/C15H22N4O/c1-3-4-5-6-7-8-14(20)18-15-13-10-9-12(2)19(13)17-11-16-15/h9-11H,3-8H2,1-2H3,(H,16,17,18,20). The molecule has 5 heteroatoms. The molecule has 0 saturated carbocycles. The molecule has 0 aliphatic carbocycles. The van der Waals surface area contributed by atoms with Crippen molar-refractivity contribution in [2.45, 2.75) is 52.4 Å². The number of fused-ring (bicyclic) bond motifs is 1. The topological polar surface area (TPSA) is 59.3 Å². The second-order valence-corrected chi connectivity index (χ2v) is 5.09. The van der Waals surface area contributed by atoms with Gasteiger partial charge in [-0.1, -0.05) is 32.6 Å². The predicted octanol–water partition coefficient (Wildman–Crippen LogP) is 3.34. The Kier molecular flexibility index (Phi) is 5.09. The van der Waals surface area contributed by atoms with Crippen molar-refractivity contribution in [3.63, 3.8) is 0 Å². The number of nitrogens with zero attached hydrogens (tertiary/aromatic N) is 3. The molecule has 20 heavy (non-hydrogen) atoms. The average molecular weight is 274 g/mol. The number of hydrogen-bond donors (Lipinski definition) is 1. The van der Waals surface area contributed by atoms with Gasteiger partial charge in [0.2, 0.25) is 5.91 Å². The van der Waals surface area contributed by atoms with Gasteiger partial charge in [0.1, 0.15) is 11.8 Å².